The van der Waals surface area contributed by atoms with Crippen molar-refractivity contribution in [2.45, 2.75) is 5.38 Å². The third-order valence-corrected chi connectivity index (χ3v) is 3.49. The minimum Gasteiger partial charge on any atom is -0.495 e. The van der Waals surface area contributed by atoms with E-state index >= 15 is 0 Å². The van der Waals surface area contributed by atoms with Crippen LogP contribution in [0.15, 0.2) is 35.1 Å². The third-order valence-electron chi connectivity index (χ3n) is 2.38. The van der Waals surface area contributed by atoms with Crippen LogP contribution in [0.2, 0.25) is 10.0 Å². The average molecular weight is 292 g/mol. The van der Waals surface area contributed by atoms with Gasteiger partial charge in [-0.15, -0.1) is 11.6 Å². The van der Waals surface area contributed by atoms with Crippen LogP contribution in [0.5, 0.6) is 5.75 Å². The van der Waals surface area contributed by atoms with Gasteiger partial charge in [0.25, 0.3) is 0 Å². The number of alkyl halides is 1. The lowest BCUT2D eigenvalue weighted by atomic mass is 10.1. The lowest BCUT2D eigenvalue weighted by Gasteiger charge is -2.12. The fourth-order valence-electron chi connectivity index (χ4n) is 1.49. The van der Waals surface area contributed by atoms with Crippen molar-refractivity contribution in [1.29, 1.82) is 0 Å². The highest BCUT2D eigenvalue weighted by Crippen LogP contribution is 2.39. The van der Waals surface area contributed by atoms with Gasteiger partial charge in [-0.1, -0.05) is 23.2 Å². The quantitative estimate of drug-likeness (QED) is 0.749. The maximum Gasteiger partial charge on any atom is 0.138 e. The van der Waals surface area contributed by atoms with Crippen LogP contribution in [0, 0.1) is 0 Å². The molecule has 0 aliphatic heterocycles. The predicted molar refractivity (Wildman–Crippen MR) is 69.4 cm³/mol. The van der Waals surface area contributed by atoms with Crippen LogP contribution in [0.3, 0.4) is 0 Å². The molecule has 0 saturated heterocycles. The number of hydrogen-bond donors (Lipinski definition) is 0. The van der Waals surface area contributed by atoms with Gasteiger partial charge < -0.3 is 9.15 Å². The summed E-state index contributed by atoms with van der Waals surface area (Å²) in [7, 11) is 1.53. The molecular formula is C12H9Cl3O2. The monoisotopic (exact) mass is 290 g/mol. The van der Waals surface area contributed by atoms with Crippen LogP contribution < -0.4 is 4.74 Å². The molecule has 2 rings (SSSR count). The number of benzene rings is 1. The maximum absolute atomic E-state index is 6.30. The lowest BCUT2D eigenvalue weighted by Crippen LogP contribution is -1.94. The highest BCUT2D eigenvalue weighted by molar-refractivity contribution is 6.36. The normalized spacial score (nSPS) is 12.5. The Balaban J connectivity index is 2.42. The minimum absolute atomic E-state index is 0.398. The van der Waals surface area contributed by atoms with Crippen molar-refractivity contribution in [3.63, 3.8) is 0 Å². The molecular weight excluding hydrogens is 282 g/mol. The van der Waals surface area contributed by atoms with E-state index in [9.17, 15) is 0 Å². The van der Waals surface area contributed by atoms with Crippen molar-refractivity contribution in [1.82, 2.24) is 0 Å². The summed E-state index contributed by atoms with van der Waals surface area (Å²) in [6.45, 7) is 0. The van der Waals surface area contributed by atoms with E-state index in [4.69, 9.17) is 44.0 Å². The van der Waals surface area contributed by atoms with Crippen LogP contribution in [0.1, 0.15) is 16.5 Å². The second-order valence-corrected chi connectivity index (χ2v) is 4.68. The smallest absolute Gasteiger partial charge is 0.138 e. The number of rotatable bonds is 3. The summed E-state index contributed by atoms with van der Waals surface area (Å²) in [4.78, 5) is 0. The van der Waals surface area contributed by atoms with E-state index in [1.54, 1.807) is 30.7 Å². The summed E-state index contributed by atoms with van der Waals surface area (Å²) in [5, 5.41) is 0.582. The van der Waals surface area contributed by atoms with Crippen LogP contribution >= 0.6 is 34.8 Å². The summed E-state index contributed by atoms with van der Waals surface area (Å²) in [5.41, 5.74) is 1.55. The topological polar surface area (TPSA) is 22.4 Å². The molecule has 2 aromatic rings. The van der Waals surface area contributed by atoms with Gasteiger partial charge in [0.15, 0.2) is 0 Å². The zero-order valence-corrected chi connectivity index (χ0v) is 11.2. The van der Waals surface area contributed by atoms with Gasteiger partial charge in [0.1, 0.15) is 5.75 Å². The first-order valence-corrected chi connectivity index (χ1v) is 6.02. The SMILES string of the molecule is COc1cc(Cl)c(C(Cl)c2ccoc2)cc1Cl. The van der Waals surface area contributed by atoms with Crippen molar-refractivity contribution < 1.29 is 9.15 Å². The van der Waals surface area contributed by atoms with E-state index in [1.807, 2.05) is 0 Å². The van der Waals surface area contributed by atoms with Crippen molar-refractivity contribution in [3.05, 3.63) is 51.9 Å². The Labute approximate surface area is 114 Å². The molecule has 1 atom stereocenters. The summed E-state index contributed by atoms with van der Waals surface area (Å²) in [6, 6.07) is 5.13. The first kappa shape index (κ1) is 12.6. The van der Waals surface area contributed by atoms with E-state index in [-0.39, 0.29) is 0 Å². The molecule has 1 heterocycles. The van der Waals surface area contributed by atoms with E-state index < -0.39 is 5.38 Å². The van der Waals surface area contributed by atoms with Crippen molar-refractivity contribution in [2.75, 3.05) is 7.11 Å². The summed E-state index contributed by atoms with van der Waals surface area (Å²) >= 11 is 18.5. The highest BCUT2D eigenvalue weighted by atomic mass is 35.5. The van der Waals surface area contributed by atoms with Gasteiger partial charge in [0.2, 0.25) is 0 Å². The Bertz CT molecular complexity index is 509. The molecule has 1 aromatic carbocycles. The Hall–Kier alpha value is -0.830. The number of methoxy groups -OCH3 is 1. The summed E-state index contributed by atoms with van der Waals surface area (Å²) in [5.74, 6) is 0.525. The standard InChI is InChI=1S/C12H9Cl3O2/c1-16-11-5-9(13)8(4-10(11)14)12(15)7-2-3-17-6-7/h2-6,12H,1H3. The Morgan fingerprint density at radius 3 is 2.59 bits per heavy atom. The Morgan fingerprint density at radius 2 is 2.00 bits per heavy atom. The molecule has 2 nitrogen and oxygen atoms in total. The van der Waals surface area contributed by atoms with Gasteiger partial charge in [0, 0.05) is 16.7 Å². The zero-order chi connectivity index (χ0) is 12.4. The molecule has 17 heavy (non-hydrogen) atoms. The van der Waals surface area contributed by atoms with Gasteiger partial charge >= 0.3 is 0 Å². The molecule has 1 aromatic heterocycles. The fraction of sp³-hybridized carbons (Fsp3) is 0.167. The zero-order valence-electron chi connectivity index (χ0n) is 8.91. The van der Waals surface area contributed by atoms with Gasteiger partial charge in [-0.25, -0.2) is 0 Å². The van der Waals surface area contributed by atoms with Crippen molar-refractivity contribution in [2.24, 2.45) is 0 Å². The molecule has 0 amide bonds. The number of hydrogen-bond acceptors (Lipinski definition) is 2. The molecule has 5 heteroatoms. The lowest BCUT2D eigenvalue weighted by molar-refractivity contribution is 0.415. The number of halogens is 3. The molecule has 0 fully saturated rings. The van der Waals surface area contributed by atoms with Gasteiger partial charge in [0.05, 0.1) is 30.0 Å². The summed E-state index contributed by atoms with van der Waals surface area (Å²) in [6.07, 6.45) is 3.13. The van der Waals surface area contributed by atoms with E-state index in [0.29, 0.717) is 15.8 Å². The van der Waals surface area contributed by atoms with Crippen LogP contribution in [0.4, 0.5) is 0 Å². The van der Waals surface area contributed by atoms with Gasteiger partial charge in [-0.2, -0.15) is 0 Å². The number of furan rings is 1. The highest BCUT2D eigenvalue weighted by Gasteiger charge is 2.17. The van der Waals surface area contributed by atoms with Crippen LogP contribution in [-0.4, -0.2) is 7.11 Å². The summed E-state index contributed by atoms with van der Waals surface area (Å²) < 4.78 is 10.1. The second-order valence-electron chi connectivity index (χ2n) is 3.43. The van der Waals surface area contributed by atoms with Gasteiger partial charge in [-0.3, -0.25) is 0 Å². The van der Waals surface area contributed by atoms with Crippen molar-refractivity contribution in [3.8, 4) is 5.75 Å². The molecule has 0 aliphatic carbocycles. The van der Waals surface area contributed by atoms with E-state index in [2.05, 4.69) is 0 Å². The first-order chi connectivity index (χ1) is 8.13. The maximum atomic E-state index is 6.30. The molecule has 1 unspecified atom stereocenters. The predicted octanol–water partition coefficient (Wildman–Crippen LogP) is 4.92. The van der Waals surface area contributed by atoms with Gasteiger partial charge in [-0.05, 0) is 17.7 Å². The third kappa shape index (κ3) is 2.54. The largest absolute Gasteiger partial charge is 0.495 e. The van der Waals surface area contributed by atoms with Crippen molar-refractivity contribution >= 4 is 34.8 Å². The van der Waals surface area contributed by atoms with E-state index in [0.717, 1.165) is 11.1 Å². The van der Waals surface area contributed by atoms with E-state index in [1.165, 1.54) is 7.11 Å². The molecule has 0 spiro atoms. The molecule has 0 saturated carbocycles. The minimum atomic E-state index is -0.398. The fourth-order valence-corrected chi connectivity index (χ4v) is 2.37. The first-order valence-electron chi connectivity index (χ1n) is 4.82. The molecule has 0 aliphatic rings. The number of ether oxygens (including phenoxy) is 1. The average Bonchev–Trinajstić information content (AvgIpc) is 2.84. The van der Waals surface area contributed by atoms with Crippen LogP contribution in [0.25, 0.3) is 0 Å². The molecule has 0 radical (unpaired) electrons. The van der Waals surface area contributed by atoms with Crippen LogP contribution in [-0.2, 0) is 0 Å². The molecule has 0 N–H and O–H groups in total. The second kappa shape index (κ2) is 5.21. The Morgan fingerprint density at radius 1 is 1.24 bits per heavy atom. The Kier molecular flexibility index (Phi) is 3.87. The molecule has 90 valence electrons. The molecule has 0 bridgehead atoms.